The second kappa shape index (κ2) is 11.4. The predicted octanol–water partition coefficient (Wildman–Crippen LogP) is 5.49. The number of pyridine rings is 3. The van der Waals surface area contributed by atoms with Gasteiger partial charge in [0.05, 0.1) is 23.7 Å². The average Bonchev–Trinajstić information content (AvgIpc) is 2.80. The van der Waals surface area contributed by atoms with Crippen molar-refractivity contribution in [1.82, 2.24) is 15.0 Å². The highest BCUT2D eigenvalue weighted by Crippen LogP contribution is 2.29. The van der Waals surface area contributed by atoms with Gasteiger partial charge in [-0.3, -0.25) is 15.0 Å². The Morgan fingerprint density at radius 1 is 0.969 bits per heavy atom. The Labute approximate surface area is 190 Å². The Hall–Kier alpha value is -3.28. The van der Waals surface area contributed by atoms with Crippen molar-refractivity contribution in [2.75, 3.05) is 13.2 Å². The molecule has 0 fully saturated rings. The highest BCUT2D eigenvalue weighted by atomic mass is 16.6. The van der Waals surface area contributed by atoms with Crippen molar-refractivity contribution in [1.29, 1.82) is 0 Å². The molecular weight excluding hydrogens is 400 g/mol. The summed E-state index contributed by atoms with van der Waals surface area (Å²) in [6, 6.07) is 14.0. The Morgan fingerprint density at radius 2 is 1.78 bits per heavy atom. The first kappa shape index (κ1) is 23.4. The minimum Gasteiger partial charge on any atom is -0.493 e. The number of aryl methyl sites for hydroxylation is 3. The first-order valence-electron chi connectivity index (χ1n) is 11.2. The molecule has 0 saturated carbocycles. The van der Waals surface area contributed by atoms with Gasteiger partial charge in [-0.15, -0.1) is 0 Å². The maximum absolute atomic E-state index is 5.82. The van der Waals surface area contributed by atoms with Crippen LogP contribution in [0, 0.1) is 13.8 Å². The number of nitrogens with zero attached hydrogens (tertiary/aromatic N) is 4. The number of oxime groups is 1. The Balaban J connectivity index is 1.63. The number of hydrogen-bond acceptors (Lipinski definition) is 6. The molecule has 0 aliphatic rings. The van der Waals surface area contributed by atoms with E-state index in [2.05, 4.69) is 17.1 Å². The minimum atomic E-state index is 0.520. The molecule has 0 aliphatic heterocycles. The van der Waals surface area contributed by atoms with Crippen LogP contribution >= 0.6 is 0 Å². The lowest BCUT2D eigenvalue weighted by atomic mass is 10.1. The van der Waals surface area contributed by atoms with Crippen molar-refractivity contribution in [3.8, 4) is 17.1 Å². The van der Waals surface area contributed by atoms with Crippen LogP contribution in [-0.2, 0) is 17.7 Å². The van der Waals surface area contributed by atoms with Gasteiger partial charge in [-0.05, 0) is 71.2 Å². The summed E-state index contributed by atoms with van der Waals surface area (Å²) < 4.78 is 5.82. The molecule has 0 unspecified atom stereocenters. The summed E-state index contributed by atoms with van der Waals surface area (Å²) in [5.74, 6) is 0.881. The van der Waals surface area contributed by atoms with Crippen LogP contribution in [0.2, 0.25) is 0 Å². The van der Waals surface area contributed by atoms with Gasteiger partial charge in [0.1, 0.15) is 18.1 Å². The fourth-order valence-electron chi connectivity index (χ4n) is 3.37. The van der Waals surface area contributed by atoms with Crippen molar-refractivity contribution in [2.45, 2.75) is 53.9 Å². The van der Waals surface area contributed by atoms with E-state index in [1.165, 1.54) is 0 Å². The predicted molar refractivity (Wildman–Crippen MR) is 128 cm³/mol. The summed E-state index contributed by atoms with van der Waals surface area (Å²) in [6.07, 6.45) is 2.47. The lowest BCUT2D eigenvalue weighted by Crippen LogP contribution is -2.03. The molecular formula is C26H32N4O2. The van der Waals surface area contributed by atoms with E-state index in [9.17, 15) is 0 Å². The maximum Gasteiger partial charge on any atom is 0.126 e. The number of ether oxygens (including phenoxy) is 1. The van der Waals surface area contributed by atoms with E-state index in [1.54, 1.807) is 0 Å². The van der Waals surface area contributed by atoms with Crippen molar-refractivity contribution < 1.29 is 9.57 Å². The van der Waals surface area contributed by atoms with Gasteiger partial charge in [-0.2, -0.15) is 0 Å². The van der Waals surface area contributed by atoms with E-state index in [-0.39, 0.29) is 0 Å². The molecule has 6 nitrogen and oxygen atoms in total. The van der Waals surface area contributed by atoms with Crippen molar-refractivity contribution >= 4 is 5.71 Å². The van der Waals surface area contributed by atoms with Crippen LogP contribution in [0.15, 0.2) is 47.6 Å². The molecule has 0 spiro atoms. The summed E-state index contributed by atoms with van der Waals surface area (Å²) in [7, 11) is 0. The van der Waals surface area contributed by atoms with Crippen molar-refractivity contribution in [3.63, 3.8) is 0 Å². The fraction of sp³-hybridized carbons (Fsp3) is 0.385. The van der Waals surface area contributed by atoms with Gasteiger partial charge in [-0.1, -0.05) is 24.2 Å². The first-order chi connectivity index (χ1) is 15.5. The van der Waals surface area contributed by atoms with Crippen LogP contribution in [0.25, 0.3) is 11.4 Å². The molecule has 3 aromatic heterocycles. The molecule has 32 heavy (non-hydrogen) atoms. The van der Waals surface area contributed by atoms with E-state index < -0.39 is 0 Å². The second-order valence-electron chi connectivity index (χ2n) is 7.66. The summed E-state index contributed by atoms with van der Waals surface area (Å²) >= 11 is 0. The van der Waals surface area contributed by atoms with Gasteiger partial charge >= 0.3 is 0 Å². The van der Waals surface area contributed by atoms with Crippen LogP contribution in [0.4, 0.5) is 0 Å². The van der Waals surface area contributed by atoms with Gasteiger partial charge < -0.3 is 9.57 Å². The molecule has 0 amide bonds. The first-order valence-corrected chi connectivity index (χ1v) is 11.2. The third-order valence-electron chi connectivity index (χ3n) is 5.12. The zero-order valence-electron chi connectivity index (χ0n) is 19.7. The van der Waals surface area contributed by atoms with E-state index >= 15 is 0 Å². The molecule has 0 N–H and O–H groups in total. The van der Waals surface area contributed by atoms with Crippen molar-refractivity contribution in [2.24, 2.45) is 5.16 Å². The van der Waals surface area contributed by atoms with Gasteiger partial charge in [0.15, 0.2) is 0 Å². The molecule has 3 aromatic rings. The topological polar surface area (TPSA) is 69.5 Å². The smallest absolute Gasteiger partial charge is 0.126 e. The number of aromatic nitrogens is 3. The second-order valence-corrected chi connectivity index (χ2v) is 7.66. The Bertz CT molecular complexity index is 1080. The summed E-state index contributed by atoms with van der Waals surface area (Å²) in [5, 5.41) is 4.20. The zero-order valence-corrected chi connectivity index (χ0v) is 19.7. The third kappa shape index (κ3) is 6.13. The van der Waals surface area contributed by atoms with Gasteiger partial charge in [0.2, 0.25) is 0 Å². The number of rotatable bonds is 10. The SMILES string of the molecule is CCOc1cc(CC)nc(-c2cccc(CCCON=C(C)c3cccc(C)n3)n2)c1C. The summed E-state index contributed by atoms with van der Waals surface area (Å²) in [5.41, 5.74) is 7.36. The Morgan fingerprint density at radius 3 is 2.53 bits per heavy atom. The molecule has 6 heteroatoms. The van der Waals surface area contributed by atoms with Gasteiger partial charge in [-0.25, -0.2) is 0 Å². The largest absolute Gasteiger partial charge is 0.493 e. The molecule has 168 valence electrons. The van der Waals surface area contributed by atoms with E-state index in [4.69, 9.17) is 19.5 Å². The fourth-order valence-corrected chi connectivity index (χ4v) is 3.37. The highest BCUT2D eigenvalue weighted by molar-refractivity contribution is 5.96. The number of hydrogen-bond donors (Lipinski definition) is 0. The average molecular weight is 433 g/mol. The van der Waals surface area contributed by atoms with Crippen LogP contribution < -0.4 is 4.74 Å². The van der Waals surface area contributed by atoms with Crippen molar-refractivity contribution in [3.05, 3.63) is 70.8 Å². The molecule has 0 aliphatic carbocycles. The van der Waals surface area contributed by atoms with E-state index in [1.807, 2.05) is 70.2 Å². The molecule has 0 radical (unpaired) electrons. The lowest BCUT2D eigenvalue weighted by Gasteiger charge is -2.13. The van der Waals surface area contributed by atoms with Gasteiger partial charge in [0, 0.05) is 28.7 Å². The quantitative estimate of drug-likeness (QED) is 0.241. The molecule has 0 aromatic carbocycles. The molecule has 0 atom stereocenters. The van der Waals surface area contributed by atoms with Crippen LogP contribution in [0.5, 0.6) is 5.75 Å². The molecule has 3 heterocycles. The van der Waals surface area contributed by atoms with E-state index in [0.717, 1.165) is 70.5 Å². The monoisotopic (exact) mass is 432 g/mol. The lowest BCUT2D eigenvalue weighted by molar-refractivity contribution is 0.141. The maximum atomic E-state index is 5.82. The van der Waals surface area contributed by atoms with Gasteiger partial charge in [0.25, 0.3) is 0 Å². The third-order valence-corrected chi connectivity index (χ3v) is 5.12. The molecule has 3 rings (SSSR count). The van der Waals surface area contributed by atoms with Crippen LogP contribution in [0.3, 0.4) is 0 Å². The standard InChI is InChI=1S/C26H32N4O2/c1-6-21-17-25(31-7-2)19(4)26(29-21)24-15-9-12-22(28-24)13-10-16-32-30-20(5)23-14-8-11-18(3)27-23/h8-9,11-12,14-15,17H,6-7,10,13,16H2,1-5H3. The minimum absolute atomic E-state index is 0.520. The zero-order chi connectivity index (χ0) is 22.9. The Kier molecular flexibility index (Phi) is 8.31. The van der Waals surface area contributed by atoms with Crippen LogP contribution in [0.1, 0.15) is 55.5 Å². The summed E-state index contributed by atoms with van der Waals surface area (Å²) in [6.45, 7) is 11.2. The summed E-state index contributed by atoms with van der Waals surface area (Å²) in [4.78, 5) is 19.6. The highest BCUT2D eigenvalue weighted by Gasteiger charge is 2.13. The van der Waals surface area contributed by atoms with E-state index in [0.29, 0.717) is 13.2 Å². The molecule has 0 bridgehead atoms. The van der Waals surface area contributed by atoms with Crippen LogP contribution in [-0.4, -0.2) is 33.9 Å². The normalized spacial score (nSPS) is 11.5. The molecule has 0 saturated heterocycles.